The summed E-state index contributed by atoms with van der Waals surface area (Å²) >= 11 is 0. The van der Waals surface area contributed by atoms with Gasteiger partial charge in [0.15, 0.2) is 0 Å². The van der Waals surface area contributed by atoms with Gasteiger partial charge in [-0.1, -0.05) is 23.8 Å². The van der Waals surface area contributed by atoms with Gasteiger partial charge in [-0.25, -0.2) is 9.18 Å². The van der Waals surface area contributed by atoms with Crippen LogP contribution in [0.25, 0.3) is 6.08 Å². The van der Waals surface area contributed by atoms with E-state index in [1.165, 1.54) is 22.6 Å². The number of carbonyl (C=O) groups is 2. The van der Waals surface area contributed by atoms with E-state index in [0.29, 0.717) is 13.1 Å². The molecule has 3 amide bonds. The van der Waals surface area contributed by atoms with E-state index in [2.05, 4.69) is 16.3 Å². The summed E-state index contributed by atoms with van der Waals surface area (Å²) < 4.78 is 13.2. The second-order valence-electron chi connectivity index (χ2n) is 5.90. The van der Waals surface area contributed by atoms with Crippen molar-refractivity contribution in [2.45, 2.75) is 12.8 Å². The molecule has 2 aliphatic rings. The molecule has 0 unspecified atom stereocenters. The third-order valence-corrected chi connectivity index (χ3v) is 4.29. The van der Waals surface area contributed by atoms with Gasteiger partial charge in [-0.15, -0.1) is 0 Å². The Morgan fingerprint density at radius 2 is 1.96 bits per heavy atom. The maximum Gasteiger partial charge on any atom is 0.324 e. The van der Waals surface area contributed by atoms with Crippen molar-refractivity contribution in [1.82, 2.24) is 15.1 Å². The molecule has 3 rings (SSSR count). The number of hydrogen-bond acceptors (Lipinski definition) is 3. The first-order valence-electron chi connectivity index (χ1n) is 7.87. The second kappa shape index (κ2) is 6.91. The van der Waals surface area contributed by atoms with Crippen LogP contribution in [0.1, 0.15) is 18.4 Å². The molecule has 0 spiro atoms. The third-order valence-electron chi connectivity index (χ3n) is 4.29. The van der Waals surface area contributed by atoms with Crippen LogP contribution >= 0.6 is 0 Å². The number of urea groups is 1. The molecule has 23 heavy (non-hydrogen) atoms. The monoisotopic (exact) mass is 317 g/mol. The number of amides is 3. The number of hydrogen-bond donors (Lipinski definition) is 1. The molecule has 0 bridgehead atoms. The lowest BCUT2D eigenvalue weighted by Gasteiger charge is -2.29. The maximum absolute atomic E-state index is 13.2. The van der Waals surface area contributed by atoms with Gasteiger partial charge in [0.05, 0.1) is 6.54 Å². The van der Waals surface area contributed by atoms with Crippen molar-refractivity contribution in [2.24, 2.45) is 0 Å². The van der Waals surface area contributed by atoms with Crippen molar-refractivity contribution >= 4 is 18.0 Å². The summed E-state index contributed by atoms with van der Waals surface area (Å²) in [6.07, 6.45) is 3.91. The van der Waals surface area contributed by atoms with Crippen molar-refractivity contribution in [3.05, 3.63) is 41.2 Å². The van der Waals surface area contributed by atoms with Crippen molar-refractivity contribution < 1.29 is 14.0 Å². The molecule has 1 aromatic carbocycles. The zero-order valence-corrected chi connectivity index (χ0v) is 12.9. The molecule has 2 saturated heterocycles. The van der Waals surface area contributed by atoms with Crippen LogP contribution < -0.4 is 5.32 Å². The van der Waals surface area contributed by atoms with Gasteiger partial charge in [-0.3, -0.25) is 9.69 Å². The minimum atomic E-state index is -0.293. The van der Waals surface area contributed by atoms with Gasteiger partial charge in [-0.2, -0.15) is 0 Å². The van der Waals surface area contributed by atoms with Crippen LogP contribution in [0, 0.1) is 5.82 Å². The van der Waals surface area contributed by atoms with Gasteiger partial charge in [0.1, 0.15) is 5.82 Å². The first-order chi connectivity index (χ1) is 11.1. The molecule has 5 nitrogen and oxygen atoms in total. The molecule has 1 N–H and O–H groups in total. The number of piperidine rings is 1. The molecule has 2 heterocycles. The summed E-state index contributed by atoms with van der Waals surface area (Å²) in [5, 5.41) is 2.53. The number of imide groups is 1. The molecule has 0 aliphatic carbocycles. The highest BCUT2D eigenvalue weighted by Gasteiger charge is 2.28. The normalized spacial score (nSPS) is 19.2. The van der Waals surface area contributed by atoms with Gasteiger partial charge in [-0.05, 0) is 30.5 Å². The average Bonchev–Trinajstić information content (AvgIpc) is 2.85. The van der Waals surface area contributed by atoms with E-state index >= 15 is 0 Å². The molecular weight excluding hydrogens is 297 g/mol. The Bertz CT molecular complexity index is 618. The molecule has 122 valence electrons. The average molecular weight is 317 g/mol. The zero-order valence-electron chi connectivity index (χ0n) is 12.9. The Kier molecular flexibility index (Phi) is 4.71. The van der Waals surface area contributed by atoms with E-state index in [1.807, 2.05) is 6.07 Å². The summed E-state index contributed by atoms with van der Waals surface area (Å²) in [6.45, 7) is 3.04. The fourth-order valence-electron chi connectivity index (χ4n) is 2.96. The van der Waals surface area contributed by atoms with Crippen LogP contribution in [-0.2, 0) is 4.79 Å². The summed E-state index contributed by atoms with van der Waals surface area (Å²) in [5.74, 6) is -0.371. The highest BCUT2D eigenvalue weighted by atomic mass is 19.1. The lowest BCUT2D eigenvalue weighted by Crippen LogP contribution is -2.40. The third kappa shape index (κ3) is 3.96. The first-order valence-corrected chi connectivity index (χ1v) is 7.87. The van der Waals surface area contributed by atoms with Gasteiger partial charge >= 0.3 is 6.03 Å². The summed E-state index contributed by atoms with van der Waals surface area (Å²) in [4.78, 5) is 26.5. The predicted octanol–water partition coefficient (Wildman–Crippen LogP) is 1.86. The highest BCUT2D eigenvalue weighted by molar-refractivity contribution is 6.01. The van der Waals surface area contributed by atoms with E-state index in [-0.39, 0.29) is 24.3 Å². The number of carbonyl (C=O) groups excluding carboxylic acids is 2. The molecule has 0 atom stereocenters. The van der Waals surface area contributed by atoms with Gasteiger partial charge in [0.2, 0.25) is 5.91 Å². The van der Waals surface area contributed by atoms with E-state index in [0.717, 1.165) is 31.5 Å². The number of halogens is 1. The van der Waals surface area contributed by atoms with E-state index < -0.39 is 0 Å². The SMILES string of the molecule is O=C1CNC(=O)N1CCN1CCC(=Cc2cccc(F)c2)CC1. The lowest BCUT2D eigenvalue weighted by atomic mass is 10.0. The lowest BCUT2D eigenvalue weighted by molar-refractivity contribution is -0.125. The maximum atomic E-state index is 13.2. The minimum absolute atomic E-state index is 0.110. The highest BCUT2D eigenvalue weighted by Crippen LogP contribution is 2.19. The molecule has 2 aliphatic heterocycles. The summed E-state index contributed by atoms with van der Waals surface area (Å²) in [6, 6.07) is 6.31. The van der Waals surface area contributed by atoms with E-state index in [1.54, 1.807) is 6.07 Å². The summed E-state index contributed by atoms with van der Waals surface area (Å²) in [5.41, 5.74) is 2.20. The minimum Gasteiger partial charge on any atom is -0.329 e. The fraction of sp³-hybridized carbons (Fsp3) is 0.412. The Hall–Kier alpha value is -2.21. The number of nitrogens with one attached hydrogen (secondary N) is 1. The predicted molar refractivity (Wildman–Crippen MR) is 85.2 cm³/mol. The van der Waals surface area contributed by atoms with Crippen molar-refractivity contribution in [3.63, 3.8) is 0 Å². The molecule has 6 heteroatoms. The number of nitrogens with zero attached hydrogens (tertiary/aromatic N) is 2. The van der Waals surface area contributed by atoms with Crippen LogP contribution in [-0.4, -0.2) is 54.5 Å². The molecule has 1 aromatic rings. The topological polar surface area (TPSA) is 52.7 Å². The van der Waals surface area contributed by atoms with Crippen LogP contribution in [0.2, 0.25) is 0 Å². The van der Waals surface area contributed by atoms with Crippen molar-refractivity contribution in [2.75, 3.05) is 32.7 Å². The number of likely N-dealkylation sites (tertiary alicyclic amines) is 1. The van der Waals surface area contributed by atoms with Crippen molar-refractivity contribution in [3.8, 4) is 0 Å². The van der Waals surface area contributed by atoms with Crippen LogP contribution in [0.5, 0.6) is 0 Å². The molecule has 0 aromatic heterocycles. The van der Waals surface area contributed by atoms with Crippen molar-refractivity contribution in [1.29, 1.82) is 0 Å². The quantitative estimate of drug-likeness (QED) is 0.863. The van der Waals surface area contributed by atoms with Gasteiger partial charge < -0.3 is 10.2 Å². The Labute approximate surface area is 134 Å². The largest absolute Gasteiger partial charge is 0.329 e. The van der Waals surface area contributed by atoms with Crippen LogP contribution in [0.15, 0.2) is 29.8 Å². The number of rotatable bonds is 4. The summed E-state index contributed by atoms with van der Waals surface area (Å²) in [7, 11) is 0. The second-order valence-corrected chi connectivity index (χ2v) is 5.90. The molecule has 0 radical (unpaired) electrons. The van der Waals surface area contributed by atoms with Gasteiger partial charge in [0, 0.05) is 26.2 Å². The standard InChI is InChI=1S/C17H20FN3O2/c18-15-3-1-2-14(11-15)10-13-4-6-20(7-5-13)8-9-21-16(22)12-19-17(21)23/h1-3,10-11H,4-9,12H2,(H,19,23). The van der Waals surface area contributed by atoms with E-state index in [4.69, 9.17) is 0 Å². The molecular formula is C17H20FN3O2. The zero-order chi connectivity index (χ0) is 16.2. The van der Waals surface area contributed by atoms with E-state index in [9.17, 15) is 14.0 Å². The van der Waals surface area contributed by atoms with Crippen LogP contribution in [0.3, 0.4) is 0 Å². The van der Waals surface area contributed by atoms with Gasteiger partial charge in [0.25, 0.3) is 0 Å². The Morgan fingerprint density at radius 1 is 1.17 bits per heavy atom. The Balaban J connectivity index is 1.49. The number of benzene rings is 1. The fourth-order valence-corrected chi connectivity index (χ4v) is 2.96. The smallest absolute Gasteiger partial charge is 0.324 e. The first kappa shape index (κ1) is 15.7. The molecule has 2 fully saturated rings. The molecule has 0 saturated carbocycles. The Morgan fingerprint density at radius 3 is 2.61 bits per heavy atom. The van der Waals surface area contributed by atoms with Crippen LogP contribution in [0.4, 0.5) is 9.18 Å².